The molecule has 0 radical (unpaired) electrons. The predicted octanol–water partition coefficient (Wildman–Crippen LogP) is 2.91. The number of hydrogen-bond acceptors (Lipinski definition) is 10. The van der Waals surface area contributed by atoms with Crippen molar-refractivity contribution in [2.75, 3.05) is 28.2 Å². The first kappa shape index (κ1) is 34.5. The van der Waals surface area contributed by atoms with E-state index in [0.717, 1.165) is 0 Å². The number of nitrogens with zero attached hydrogens (tertiary/aromatic N) is 2. The largest absolute Gasteiger partial charge is 0.507 e. The Labute approximate surface area is 258 Å². The van der Waals surface area contributed by atoms with Crippen LogP contribution < -0.4 is 0 Å². The molecule has 0 fully saturated rings. The van der Waals surface area contributed by atoms with Gasteiger partial charge in [0.2, 0.25) is 23.1 Å². The van der Waals surface area contributed by atoms with E-state index in [1.165, 1.54) is 42.2 Å². The average molecular weight is 652 g/mol. The standard InChI is InChI=1S/C16H15NO4.C12H10BrNO3.C4H6O/c1-9(18)7-8-11-14(17(2)3)16(21)10-5-4-6-12(19)13(10)15(11)20;1-14(2)10-9(13)12(17)8-6(11(10)16)4-3-5-7(8)15;1-3-4(2)5/h4-6,9,18-19H,1-3H3;3-5,15H,1-2H3;1,4-5H,2H3/t9-;;4-/m0.0/s1. The van der Waals surface area contributed by atoms with Gasteiger partial charge in [0.05, 0.1) is 15.6 Å². The summed E-state index contributed by atoms with van der Waals surface area (Å²) in [6, 6.07) is 8.84. The number of terminal acetylenes is 1. The van der Waals surface area contributed by atoms with Crippen LogP contribution in [0.5, 0.6) is 11.5 Å². The number of likely N-dealkylation sites (N-methyl/N-ethyl adjacent to an activating group) is 2. The molecule has 0 bridgehead atoms. The number of halogens is 1. The molecule has 11 heteroatoms. The second-order valence-electron chi connectivity index (χ2n) is 9.68. The minimum absolute atomic E-state index is 0.0140. The highest BCUT2D eigenvalue weighted by atomic mass is 79.9. The van der Waals surface area contributed by atoms with Crippen LogP contribution in [0.15, 0.2) is 57.8 Å². The molecule has 0 aromatic heterocycles. The lowest BCUT2D eigenvalue weighted by Gasteiger charge is -2.23. The minimum Gasteiger partial charge on any atom is -0.507 e. The lowest BCUT2D eigenvalue weighted by molar-refractivity contribution is 0.0954. The number of carbonyl (C=O) groups is 4. The summed E-state index contributed by atoms with van der Waals surface area (Å²) in [6.45, 7) is 3.00. The van der Waals surface area contributed by atoms with Crippen LogP contribution in [0.2, 0.25) is 0 Å². The van der Waals surface area contributed by atoms with Crippen molar-refractivity contribution in [2.45, 2.75) is 26.1 Å². The smallest absolute Gasteiger partial charge is 0.211 e. The van der Waals surface area contributed by atoms with E-state index in [2.05, 4.69) is 40.1 Å². The molecule has 0 heterocycles. The summed E-state index contributed by atoms with van der Waals surface area (Å²) in [5.74, 6) is 5.15. The molecule has 0 spiro atoms. The SMILES string of the molecule is C#C[C@H](C)O.CN(C)C1=C(Br)C(=O)c2c(O)cccc2C1=O.C[C@H](O)C#CC1=C(N(C)C)C(=O)c2cccc(O)c2C1=O. The van der Waals surface area contributed by atoms with E-state index in [0.29, 0.717) is 5.70 Å². The molecule has 224 valence electrons. The number of ketones is 4. The Morgan fingerprint density at radius 2 is 1.14 bits per heavy atom. The number of phenols is 2. The molecule has 2 aliphatic rings. The van der Waals surface area contributed by atoms with Crippen molar-refractivity contribution in [1.82, 2.24) is 9.80 Å². The average Bonchev–Trinajstić information content (AvgIpc) is 2.93. The molecule has 0 saturated heterocycles. The van der Waals surface area contributed by atoms with Gasteiger partial charge in [-0.25, -0.2) is 0 Å². The van der Waals surface area contributed by atoms with E-state index in [9.17, 15) is 34.5 Å². The molecule has 2 aromatic rings. The molecule has 4 N–H and O–H groups in total. The normalized spacial score (nSPS) is 14.9. The maximum atomic E-state index is 12.5. The first-order valence-corrected chi connectivity index (χ1v) is 13.5. The van der Waals surface area contributed by atoms with Crippen LogP contribution in [0.3, 0.4) is 0 Å². The number of aliphatic hydroxyl groups is 2. The van der Waals surface area contributed by atoms with Crippen LogP contribution in [0, 0.1) is 24.2 Å². The number of rotatable bonds is 2. The molecule has 0 aliphatic heterocycles. The molecule has 0 saturated carbocycles. The Morgan fingerprint density at radius 3 is 1.53 bits per heavy atom. The van der Waals surface area contributed by atoms with E-state index in [1.807, 2.05) is 0 Å². The lowest BCUT2D eigenvalue weighted by Crippen LogP contribution is -2.29. The number of benzene rings is 2. The number of allylic oxidation sites excluding steroid dienone is 4. The second-order valence-corrected chi connectivity index (χ2v) is 10.5. The van der Waals surface area contributed by atoms with Crippen molar-refractivity contribution >= 4 is 39.1 Å². The summed E-state index contributed by atoms with van der Waals surface area (Å²) < 4.78 is 0.182. The number of hydrogen-bond donors (Lipinski definition) is 4. The van der Waals surface area contributed by atoms with Crippen molar-refractivity contribution in [1.29, 1.82) is 0 Å². The number of aliphatic hydroxyl groups excluding tert-OH is 2. The summed E-state index contributed by atoms with van der Waals surface area (Å²) in [5.41, 5.74) is 0.866. The quantitative estimate of drug-likeness (QED) is 0.357. The van der Waals surface area contributed by atoms with Crippen molar-refractivity contribution in [3.63, 3.8) is 0 Å². The Kier molecular flexibility index (Phi) is 11.6. The fraction of sp³-hybridized carbons (Fsp3) is 0.250. The fourth-order valence-electron chi connectivity index (χ4n) is 3.97. The third-order valence-corrected chi connectivity index (χ3v) is 6.61. The summed E-state index contributed by atoms with van der Waals surface area (Å²) >= 11 is 3.12. The summed E-state index contributed by atoms with van der Waals surface area (Å²) in [5, 5.41) is 36.9. The van der Waals surface area contributed by atoms with E-state index >= 15 is 0 Å². The lowest BCUT2D eigenvalue weighted by atomic mass is 9.86. The Morgan fingerprint density at radius 1 is 0.721 bits per heavy atom. The molecule has 4 rings (SSSR count). The van der Waals surface area contributed by atoms with Gasteiger partial charge in [0.1, 0.15) is 40.7 Å². The van der Waals surface area contributed by atoms with Gasteiger partial charge in [-0.3, -0.25) is 19.2 Å². The van der Waals surface area contributed by atoms with Crippen molar-refractivity contribution in [3.8, 4) is 35.7 Å². The van der Waals surface area contributed by atoms with Crippen LogP contribution >= 0.6 is 15.9 Å². The van der Waals surface area contributed by atoms with Crippen molar-refractivity contribution in [3.05, 3.63) is 80.1 Å². The zero-order valence-electron chi connectivity index (χ0n) is 24.4. The number of fused-ring (bicyclic) bond motifs is 2. The molecule has 2 aliphatic carbocycles. The second kappa shape index (κ2) is 14.5. The van der Waals surface area contributed by atoms with Gasteiger partial charge in [-0.05, 0) is 54.0 Å². The molecule has 0 amide bonds. The van der Waals surface area contributed by atoms with Crippen LogP contribution in [0.4, 0.5) is 0 Å². The van der Waals surface area contributed by atoms with E-state index < -0.39 is 18.0 Å². The Bertz CT molecular complexity index is 1650. The van der Waals surface area contributed by atoms with E-state index in [-0.39, 0.29) is 66.9 Å². The Balaban J connectivity index is 0.000000264. The number of carbonyl (C=O) groups excluding carboxylic acids is 4. The molecular weight excluding hydrogens is 620 g/mol. The summed E-state index contributed by atoms with van der Waals surface area (Å²) in [7, 11) is 6.65. The van der Waals surface area contributed by atoms with Gasteiger partial charge in [0, 0.05) is 39.3 Å². The topological polar surface area (TPSA) is 156 Å². The summed E-state index contributed by atoms with van der Waals surface area (Å²) in [4.78, 5) is 52.4. The van der Waals surface area contributed by atoms with Gasteiger partial charge in [0.15, 0.2) is 0 Å². The maximum absolute atomic E-state index is 12.5. The highest BCUT2D eigenvalue weighted by molar-refractivity contribution is 9.12. The fourth-order valence-corrected chi connectivity index (χ4v) is 4.71. The highest BCUT2D eigenvalue weighted by Crippen LogP contribution is 2.35. The zero-order valence-corrected chi connectivity index (χ0v) is 26.0. The van der Waals surface area contributed by atoms with Crippen molar-refractivity contribution in [2.24, 2.45) is 0 Å². The third kappa shape index (κ3) is 7.59. The first-order chi connectivity index (χ1) is 20.1. The first-order valence-electron chi connectivity index (χ1n) is 12.7. The minimum atomic E-state index is -0.922. The molecule has 0 unspecified atom stereocenters. The maximum Gasteiger partial charge on any atom is 0.211 e. The zero-order chi connectivity index (χ0) is 32.8. The predicted molar refractivity (Wildman–Crippen MR) is 164 cm³/mol. The number of aromatic hydroxyl groups is 2. The highest BCUT2D eigenvalue weighted by Gasteiger charge is 2.35. The van der Waals surface area contributed by atoms with E-state index in [4.69, 9.17) is 5.11 Å². The third-order valence-electron chi connectivity index (χ3n) is 5.87. The van der Waals surface area contributed by atoms with Gasteiger partial charge < -0.3 is 30.2 Å². The van der Waals surface area contributed by atoms with Gasteiger partial charge in [0.25, 0.3) is 0 Å². The number of phenolic OH excluding ortho intramolecular Hbond substituents is 2. The monoisotopic (exact) mass is 650 g/mol. The van der Waals surface area contributed by atoms with Crippen LogP contribution in [-0.4, -0.2) is 93.8 Å². The molecular formula is C32H31BrN2O8. The van der Waals surface area contributed by atoms with E-state index in [1.54, 1.807) is 46.1 Å². The van der Waals surface area contributed by atoms with Gasteiger partial charge in [-0.15, -0.1) is 6.42 Å². The molecule has 10 nitrogen and oxygen atoms in total. The molecule has 2 atom stereocenters. The number of Topliss-reactive ketones (excluding diaryl/α,β-unsaturated/α-hetero) is 4. The van der Waals surface area contributed by atoms with Gasteiger partial charge >= 0.3 is 0 Å². The van der Waals surface area contributed by atoms with Crippen LogP contribution in [0.1, 0.15) is 55.3 Å². The summed E-state index contributed by atoms with van der Waals surface area (Å²) in [6.07, 6.45) is 3.16. The van der Waals surface area contributed by atoms with Crippen molar-refractivity contribution < 1.29 is 39.6 Å². The Hall–Kier alpha value is -4.68. The van der Waals surface area contributed by atoms with Gasteiger partial charge in [-0.1, -0.05) is 29.9 Å². The molecule has 43 heavy (non-hydrogen) atoms. The van der Waals surface area contributed by atoms with Gasteiger partial charge in [-0.2, -0.15) is 0 Å². The molecule has 2 aromatic carbocycles. The van der Waals surface area contributed by atoms with Crippen LogP contribution in [0.25, 0.3) is 0 Å². The van der Waals surface area contributed by atoms with Crippen LogP contribution in [-0.2, 0) is 0 Å².